The standard InChI is InChI=1S/C13H9FN2O2S/c14-10-4-2-1-3-9(10)11-7-19-13(15-11)16-6-8(17)5-12(16)18/h1-4,7H,5-6H2. The van der Waals surface area contributed by atoms with Crippen molar-refractivity contribution in [2.24, 2.45) is 0 Å². The molecule has 0 saturated carbocycles. The molecule has 0 bridgehead atoms. The lowest BCUT2D eigenvalue weighted by Crippen LogP contribution is -2.24. The summed E-state index contributed by atoms with van der Waals surface area (Å²) in [6.07, 6.45) is -0.0748. The number of amides is 1. The number of rotatable bonds is 2. The molecule has 0 radical (unpaired) electrons. The third kappa shape index (κ3) is 2.15. The van der Waals surface area contributed by atoms with E-state index in [0.717, 1.165) is 0 Å². The van der Waals surface area contributed by atoms with Crippen molar-refractivity contribution >= 4 is 28.2 Å². The first-order chi connectivity index (χ1) is 9.15. The molecule has 19 heavy (non-hydrogen) atoms. The average Bonchev–Trinajstić information content (AvgIpc) is 2.96. The molecule has 1 amide bonds. The molecule has 96 valence electrons. The predicted octanol–water partition coefficient (Wildman–Crippen LogP) is 2.25. The molecule has 1 fully saturated rings. The van der Waals surface area contributed by atoms with Crippen LogP contribution in [0.25, 0.3) is 11.3 Å². The van der Waals surface area contributed by atoms with Gasteiger partial charge in [-0.3, -0.25) is 14.5 Å². The van der Waals surface area contributed by atoms with Gasteiger partial charge < -0.3 is 0 Å². The Hall–Kier alpha value is -2.08. The Bertz CT molecular complexity index is 668. The highest BCUT2D eigenvalue weighted by Crippen LogP contribution is 2.30. The van der Waals surface area contributed by atoms with Crippen LogP contribution in [0.4, 0.5) is 9.52 Å². The van der Waals surface area contributed by atoms with Crippen molar-refractivity contribution in [1.29, 1.82) is 0 Å². The zero-order valence-corrected chi connectivity index (χ0v) is 10.6. The van der Waals surface area contributed by atoms with Crippen LogP contribution in [0.5, 0.6) is 0 Å². The van der Waals surface area contributed by atoms with E-state index in [0.29, 0.717) is 16.4 Å². The topological polar surface area (TPSA) is 50.3 Å². The first-order valence-corrected chi connectivity index (χ1v) is 6.55. The second kappa shape index (κ2) is 4.55. The van der Waals surface area contributed by atoms with Gasteiger partial charge in [0.2, 0.25) is 5.91 Å². The van der Waals surface area contributed by atoms with Crippen molar-refractivity contribution in [2.45, 2.75) is 6.42 Å². The van der Waals surface area contributed by atoms with E-state index in [-0.39, 0.29) is 30.5 Å². The summed E-state index contributed by atoms with van der Waals surface area (Å²) in [6.45, 7) is 0.0586. The Morgan fingerprint density at radius 3 is 2.74 bits per heavy atom. The molecule has 2 aromatic rings. The molecule has 1 aromatic heterocycles. The summed E-state index contributed by atoms with van der Waals surface area (Å²) in [4.78, 5) is 28.4. The fourth-order valence-electron chi connectivity index (χ4n) is 1.94. The van der Waals surface area contributed by atoms with E-state index in [4.69, 9.17) is 0 Å². The minimum absolute atomic E-state index is 0.0586. The maximum atomic E-state index is 13.6. The molecule has 3 rings (SSSR count). The minimum atomic E-state index is -0.358. The number of nitrogens with zero attached hydrogens (tertiary/aromatic N) is 2. The van der Waals surface area contributed by atoms with Crippen LogP contribution in [0.15, 0.2) is 29.6 Å². The summed E-state index contributed by atoms with van der Waals surface area (Å²) in [6, 6.07) is 6.32. The zero-order valence-electron chi connectivity index (χ0n) is 9.80. The van der Waals surface area contributed by atoms with Crippen LogP contribution in [-0.2, 0) is 9.59 Å². The smallest absolute Gasteiger partial charge is 0.236 e. The largest absolute Gasteiger partial charge is 0.297 e. The summed E-state index contributed by atoms with van der Waals surface area (Å²) in [7, 11) is 0. The molecule has 1 aromatic carbocycles. The monoisotopic (exact) mass is 276 g/mol. The Labute approximate surface area is 112 Å². The predicted molar refractivity (Wildman–Crippen MR) is 69.5 cm³/mol. The fraction of sp³-hybridized carbons (Fsp3) is 0.154. The third-order valence-electron chi connectivity index (χ3n) is 2.86. The van der Waals surface area contributed by atoms with E-state index in [9.17, 15) is 14.0 Å². The summed E-state index contributed by atoms with van der Waals surface area (Å²) >= 11 is 1.23. The second-order valence-corrected chi connectivity index (χ2v) is 5.03. The first kappa shape index (κ1) is 12.0. The molecule has 6 heteroatoms. The van der Waals surface area contributed by atoms with Gasteiger partial charge in [0.15, 0.2) is 10.9 Å². The van der Waals surface area contributed by atoms with Crippen molar-refractivity contribution in [3.8, 4) is 11.3 Å². The number of anilines is 1. The van der Waals surface area contributed by atoms with Gasteiger partial charge >= 0.3 is 0 Å². The van der Waals surface area contributed by atoms with Gasteiger partial charge in [-0.25, -0.2) is 9.37 Å². The van der Waals surface area contributed by atoms with Gasteiger partial charge in [0.1, 0.15) is 5.82 Å². The first-order valence-electron chi connectivity index (χ1n) is 5.67. The Kier molecular flexibility index (Phi) is 2.87. The summed E-state index contributed by atoms with van der Waals surface area (Å²) in [5.74, 6) is -0.727. The van der Waals surface area contributed by atoms with Gasteiger partial charge in [0, 0.05) is 10.9 Å². The van der Waals surface area contributed by atoms with Crippen molar-refractivity contribution in [2.75, 3.05) is 11.4 Å². The quantitative estimate of drug-likeness (QED) is 0.790. The number of hydrogen-bond acceptors (Lipinski definition) is 4. The highest BCUT2D eigenvalue weighted by molar-refractivity contribution is 7.14. The summed E-state index contributed by atoms with van der Waals surface area (Å²) in [5, 5.41) is 2.12. The van der Waals surface area contributed by atoms with Crippen molar-refractivity contribution in [1.82, 2.24) is 4.98 Å². The number of Topliss-reactive ketones (excluding diaryl/α,β-unsaturated/α-hetero) is 1. The molecule has 1 saturated heterocycles. The molecule has 0 N–H and O–H groups in total. The van der Waals surface area contributed by atoms with Crippen LogP contribution in [0.3, 0.4) is 0 Å². The number of carbonyl (C=O) groups excluding carboxylic acids is 2. The SMILES string of the molecule is O=C1CC(=O)N(c2nc(-c3ccccc3F)cs2)C1. The third-order valence-corrected chi connectivity index (χ3v) is 3.72. The van der Waals surface area contributed by atoms with Gasteiger partial charge in [0.05, 0.1) is 18.7 Å². The van der Waals surface area contributed by atoms with Crippen LogP contribution in [0.2, 0.25) is 0 Å². The molecule has 4 nitrogen and oxygen atoms in total. The van der Waals surface area contributed by atoms with E-state index in [1.807, 2.05) is 0 Å². The van der Waals surface area contributed by atoms with Crippen LogP contribution in [-0.4, -0.2) is 23.2 Å². The number of thiazole rings is 1. The van der Waals surface area contributed by atoms with Gasteiger partial charge in [-0.1, -0.05) is 12.1 Å². The number of ketones is 1. The van der Waals surface area contributed by atoms with E-state index >= 15 is 0 Å². The van der Waals surface area contributed by atoms with Crippen molar-refractivity contribution < 1.29 is 14.0 Å². The van der Waals surface area contributed by atoms with Crippen molar-refractivity contribution in [3.05, 3.63) is 35.5 Å². The second-order valence-electron chi connectivity index (χ2n) is 4.19. The summed E-state index contributed by atoms with van der Waals surface area (Å²) in [5.41, 5.74) is 0.869. The Morgan fingerprint density at radius 2 is 2.05 bits per heavy atom. The van der Waals surface area contributed by atoms with E-state index in [1.165, 1.54) is 22.3 Å². The molecule has 1 aliphatic rings. The highest BCUT2D eigenvalue weighted by Gasteiger charge is 2.30. The number of benzene rings is 1. The molecule has 1 aliphatic heterocycles. The summed E-state index contributed by atoms with van der Waals surface area (Å²) < 4.78 is 13.6. The molecule has 0 aliphatic carbocycles. The van der Waals surface area contributed by atoms with Crippen LogP contribution in [0.1, 0.15) is 6.42 Å². The van der Waals surface area contributed by atoms with Crippen LogP contribution < -0.4 is 4.90 Å². The number of halogens is 1. The average molecular weight is 276 g/mol. The van der Waals surface area contributed by atoms with Gasteiger partial charge in [-0.15, -0.1) is 11.3 Å². The highest BCUT2D eigenvalue weighted by atomic mass is 32.1. The van der Waals surface area contributed by atoms with Gasteiger partial charge in [-0.05, 0) is 12.1 Å². The minimum Gasteiger partial charge on any atom is -0.297 e. The van der Waals surface area contributed by atoms with E-state index in [2.05, 4.69) is 4.98 Å². The molecule has 0 atom stereocenters. The maximum Gasteiger partial charge on any atom is 0.236 e. The molecule has 0 spiro atoms. The molecular formula is C13H9FN2O2S. The lowest BCUT2D eigenvalue weighted by Gasteiger charge is -2.09. The maximum absolute atomic E-state index is 13.6. The van der Waals surface area contributed by atoms with Crippen LogP contribution >= 0.6 is 11.3 Å². The number of aromatic nitrogens is 1. The molecule has 2 heterocycles. The van der Waals surface area contributed by atoms with Gasteiger partial charge in [-0.2, -0.15) is 0 Å². The van der Waals surface area contributed by atoms with E-state index < -0.39 is 0 Å². The van der Waals surface area contributed by atoms with Gasteiger partial charge in [0.25, 0.3) is 0 Å². The number of carbonyl (C=O) groups is 2. The van der Waals surface area contributed by atoms with Crippen LogP contribution in [0, 0.1) is 5.82 Å². The Morgan fingerprint density at radius 1 is 1.26 bits per heavy atom. The Balaban J connectivity index is 1.94. The zero-order chi connectivity index (χ0) is 13.4. The lowest BCUT2D eigenvalue weighted by atomic mass is 10.2. The fourth-order valence-corrected chi connectivity index (χ4v) is 2.78. The molecule has 0 unspecified atom stereocenters. The molecular weight excluding hydrogens is 267 g/mol. The lowest BCUT2D eigenvalue weighted by molar-refractivity contribution is -0.121. The van der Waals surface area contributed by atoms with Crippen molar-refractivity contribution in [3.63, 3.8) is 0 Å². The number of hydrogen-bond donors (Lipinski definition) is 0. The van der Waals surface area contributed by atoms with E-state index in [1.54, 1.807) is 23.6 Å². The normalized spacial score (nSPS) is 15.3.